The van der Waals surface area contributed by atoms with Crippen molar-refractivity contribution in [3.05, 3.63) is 108 Å². The monoisotopic (exact) mass is 416 g/mol. The molecule has 5 nitrogen and oxygen atoms in total. The highest BCUT2D eigenvalue weighted by atomic mass is 16.8. The molecule has 5 heteroatoms. The number of carbonyl (C=O) groups excluding carboxylic acids is 1. The summed E-state index contributed by atoms with van der Waals surface area (Å²) in [7, 11) is 1.60. The molecule has 1 aliphatic heterocycles. The van der Waals surface area contributed by atoms with Crippen LogP contribution in [0.2, 0.25) is 0 Å². The highest BCUT2D eigenvalue weighted by molar-refractivity contribution is 5.69. The number of hydrogen-bond acceptors (Lipinski definition) is 5. The van der Waals surface area contributed by atoms with Crippen molar-refractivity contribution >= 4 is 6.16 Å². The van der Waals surface area contributed by atoms with Gasteiger partial charge in [0.25, 0.3) is 0 Å². The van der Waals surface area contributed by atoms with Gasteiger partial charge >= 0.3 is 6.16 Å². The van der Waals surface area contributed by atoms with Crippen molar-refractivity contribution in [3.63, 3.8) is 0 Å². The first-order chi connectivity index (χ1) is 15.1. The van der Waals surface area contributed by atoms with Crippen molar-refractivity contribution < 1.29 is 23.7 Å². The van der Waals surface area contributed by atoms with Crippen LogP contribution in [0.4, 0.5) is 4.79 Å². The third-order valence-corrected chi connectivity index (χ3v) is 5.67. The summed E-state index contributed by atoms with van der Waals surface area (Å²) in [5.41, 5.74) is -1.00. The van der Waals surface area contributed by atoms with Crippen molar-refractivity contribution in [3.8, 4) is 11.5 Å². The molecule has 3 aromatic rings. The zero-order chi connectivity index (χ0) is 21.9. The van der Waals surface area contributed by atoms with E-state index in [9.17, 15) is 4.79 Å². The molecular formula is C26H24O5. The van der Waals surface area contributed by atoms with Crippen LogP contribution in [0.3, 0.4) is 0 Å². The second kappa shape index (κ2) is 8.19. The van der Waals surface area contributed by atoms with Crippen molar-refractivity contribution in [1.82, 2.24) is 0 Å². The van der Waals surface area contributed by atoms with Crippen LogP contribution in [0.5, 0.6) is 11.5 Å². The largest absolute Gasteiger partial charge is 0.510 e. The maximum atomic E-state index is 12.7. The summed E-state index contributed by atoms with van der Waals surface area (Å²) >= 11 is 0. The molecule has 0 spiro atoms. The Morgan fingerprint density at radius 1 is 0.839 bits per heavy atom. The molecule has 0 aromatic heterocycles. The van der Waals surface area contributed by atoms with Crippen LogP contribution in [0.1, 0.15) is 24.5 Å². The minimum absolute atomic E-state index is 0.277. The van der Waals surface area contributed by atoms with E-state index in [-0.39, 0.29) is 5.76 Å². The fraction of sp³-hybridized carbons (Fsp3) is 0.192. The summed E-state index contributed by atoms with van der Waals surface area (Å²) in [6, 6.07) is 26.2. The molecule has 0 aliphatic carbocycles. The minimum atomic E-state index is -1.29. The molecule has 0 saturated carbocycles. The number of carbonyl (C=O) groups is 1. The summed E-state index contributed by atoms with van der Waals surface area (Å²) in [6.07, 6.45) is -0.383. The molecule has 0 bridgehead atoms. The van der Waals surface area contributed by atoms with Crippen molar-refractivity contribution in [1.29, 1.82) is 0 Å². The Hall–Kier alpha value is -3.73. The van der Waals surface area contributed by atoms with Gasteiger partial charge in [0.1, 0.15) is 17.3 Å². The topological polar surface area (TPSA) is 54.0 Å². The maximum Gasteiger partial charge on any atom is 0.510 e. The van der Waals surface area contributed by atoms with E-state index < -0.39 is 17.4 Å². The van der Waals surface area contributed by atoms with E-state index in [0.29, 0.717) is 17.9 Å². The van der Waals surface area contributed by atoms with Gasteiger partial charge in [0.05, 0.1) is 7.11 Å². The van der Waals surface area contributed by atoms with Gasteiger partial charge in [-0.1, -0.05) is 74.2 Å². The number of cyclic esters (lactones) is 2. The Morgan fingerprint density at radius 2 is 1.35 bits per heavy atom. The zero-order valence-corrected chi connectivity index (χ0v) is 17.5. The number of benzene rings is 3. The number of rotatable bonds is 7. The predicted molar refractivity (Wildman–Crippen MR) is 117 cm³/mol. The van der Waals surface area contributed by atoms with E-state index in [1.807, 2.05) is 67.6 Å². The number of methoxy groups -OCH3 is 1. The second-order valence-corrected chi connectivity index (χ2v) is 7.25. The molecule has 158 valence electrons. The van der Waals surface area contributed by atoms with E-state index in [0.717, 1.165) is 11.1 Å². The molecule has 0 radical (unpaired) electrons. The second-order valence-electron chi connectivity index (χ2n) is 7.25. The van der Waals surface area contributed by atoms with Crippen LogP contribution < -0.4 is 9.47 Å². The summed E-state index contributed by atoms with van der Waals surface area (Å²) in [5.74, 6) is 1.54. The maximum absolute atomic E-state index is 12.7. The summed E-state index contributed by atoms with van der Waals surface area (Å²) in [6.45, 7) is 6.11. The van der Waals surface area contributed by atoms with Crippen LogP contribution in [0.25, 0.3) is 0 Å². The van der Waals surface area contributed by atoms with Gasteiger partial charge in [-0.25, -0.2) is 4.79 Å². The van der Waals surface area contributed by atoms with Crippen LogP contribution >= 0.6 is 0 Å². The third-order valence-electron chi connectivity index (χ3n) is 5.67. The first-order valence-corrected chi connectivity index (χ1v) is 10.1. The predicted octanol–water partition coefficient (Wildman–Crippen LogP) is 5.85. The summed E-state index contributed by atoms with van der Waals surface area (Å²) < 4.78 is 23.2. The summed E-state index contributed by atoms with van der Waals surface area (Å²) in [4.78, 5) is 12.7. The standard InChI is InChI=1S/C26H24O5/c1-4-25(19(2)29-23-17-15-22(28-3)16-18-23)26(31-24(27)30-25,20-11-7-5-8-12-20)21-13-9-6-10-14-21/h5-18H,2,4H2,1,3H3. The lowest BCUT2D eigenvalue weighted by molar-refractivity contribution is -0.0227. The fourth-order valence-corrected chi connectivity index (χ4v) is 4.18. The van der Waals surface area contributed by atoms with Crippen molar-refractivity contribution in [2.45, 2.75) is 24.5 Å². The Kier molecular flexibility index (Phi) is 5.42. The Bertz CT molecular complexity index is 1020. The summed E-state index contributed by atoms with van der Waals surface area (Å²) in [5, 5.41) is 0. The van der Waals surface area contributed by atoms with Crippen LogP contribution in [0.15, 0.2) is 97.3 Å². The fourth-order valence-electron chi connectivity index (χ4n) is 4.18. The number of hydrogen-bond donors (Lipinski definition) is 0. The molecule has 4 rings (SSSR count). The highest BCUT2D eigenvalue weighted by Gasteiger charge is 2.67. The number of ether oxygens (including phenoxy) is 4. The van der Waals surface area contributed by atoms with Crippen molar-refractivity contribution in [2.24, 2.45) is 0 Å². The lowest BCUT2D eigenvalue weighted by Gasteiger charge is -2.41. The first-order valence-electron chi connectivity index (χ1n) is 10.1. The van der Waals surface area contributed by atoms with Crippen LogP contribution in [-0.4, -0.2) is 18.9 Å². The van der Waals surface area contributed by atoms with Gasteiger partial charge in [-0.05, 0) is 30.7 Å². The molecule has 1 heterocycles. The average Bonchev–Trinajstić information content (AvgIpc) is 3.15. The quantitative estimate of drug-likeness (QED) is 0.357. The van der Waals surface area contributed by atoms with E-state index in [2.05, 4.69) is 6.58 Å². The molecule has 1 aliphatic rings. The molecule has 0 N–H and O–H groups in total. The van der Waals surface area contributed by atoms with Crippen LogP contribution in [0, 0.1) is 0 Å². The Morgan fingerprint density at radius 3 is 1.84 bits per heavy atom. The Balaban J connectivity index is 1.86. The lowest BCUT2D eigenvalue weighted by atomic mass is 9.70. The van der Waals surface area contributed by atoms with E-state index in [1.54, 1.807) is 31.4 Å². The molecule has 1 fully saturated rings. The molecule has 1 unspecified atom stereocenters. The minimum Gasteiger partial charge on any atom is -0.497 e. The molecule has 0 amide bonds. The average molecular weight is 416 g/mol. The molecule has 31 heavy (non-hydrogen) atoms. The van der Waals surface area contributed by atoms with E-state index in [4.69, 9.17) is 18.9 Å². The van der Waals surface area contributed by atoms with Crippen LogP contribution in [-0.2, 0) is 15.1 Å². The zero-order valence-electron chi connectivity index (χ0n) is 17.5. The lowest BCUT2D eigenvalue weighted by Crippen LogP contribution is -2.52. The molecule has 1 atom stereocenters. The highest BCUT2D eigenvalue weighted by Crippen LogP contribution is 2.54. The molecular weight excluding hydrogens is 392 g/mol. The van der Waals surface area contributed by atoms with Gasteiger partial charge < -0.3 is 18.9 Å². The van der Waals surface area contributed by atoms with E-state index >= 15 is 0 Å². The first kappa shape index (κ1) is 20.5. The van der Waals surface area contributed by atoms with Gasteiger partial charge in [-0.3, -0.25) is 0 Å². The molecule has 3 aromatic carbocycles. The van der Waals surface area contributed by atoms with Gasteiger partial charge in [0.15, 0.2) is 0 Å². The molecule has 1 saturated heterocycles. The van der Waals surface area contributed by atoms with Gasteiger partial charge in [-0.2, -0.15) is 0 Å². The van der Waals surface area contributed by atoms with Gasteiger partial charge in [-0.15, -0.1) is 0 Å². The Labute approximate surface area is 181 Å². The van der Waals surface area contributed by atoms with E-state index in [1.165, 1.54) is 0 Å². The third kappa shape index (κ3) is 3.32. The van der Waals surface area contributed by atoms with Gasteiger partial charge in [0, 0.05) is 11.1 Å². The SMILES string of the molecule is C=C(Oc1ccc(OC)cc1)C1(CC)OC(=O)OC1(c1ccccc1)c1ccccc1. The van der Waals surface area contributed by atoms with Gasteiger partial charge in [0.2, 0.25) is 11.2 Å². The van der Waals surface area contributed by atoms with Crippen molar-refractivity contribution in [2.75, 3.05) is 7.11 Å². The normalized spacial score (nSPS) is 19.2. The smallest absolute Gasteiger partial charge is 0.497 e.